The third-order valence-corrected chi connectivity index (χ3v) is 2.93. The van der Waals surface area contributed by atoms with Gasteiger partial charge in [0.05, 0.1) is 13.0 Å². The summed E-state index contributed by atoms with van der Waals surface area (Å²) in [7, 11) is 1.71. The molecule has 1 aromatic rings. The number of carboxylic acids is 1. The molecule has 0 heterocycles. The van der Waals surface area contributed by atoms with E-state index in [1.54, 1.807) is 18.0 Å². The molecule has 0 aliphatic rings. The zero-order valence-corrected chi connectivity index (χ0v) is 11.8. The van der Waals surface area contributed by atoms with E-state index in [-0.39, 0.29) is 18.9 Å². The minimum atomic E-state index is -0.875. The molecule has 0 bridgehead atoms. The number of likely N-dealkylation sites (N-methyl/N-ethyl adjacent to an activating group) is 1. The van der Waals surface area contributed by atoms with Crippen LogP contribution in [0.1, 0.15) is 18.9 Å². The number of hydrogen-bond donors (Lipinski definition) is 3. The fourth-order valence-corrected chi connectivity index (χ4v) is 1.81. The van der Waals surface area contributed by atoms with Gasteiger partial charge in [-0.1, -0.05) is 13.0 Å². The van der Waals surface area contributed by atoms with Crippen molar-refractivity contribution in [3.05, 3.63) is 23.8 Å². The summed E-state index contributed by atoms with van der Waals surface area (Å²) >= 11 is 0. The fourth-order valence-electron chi connectivity index (χ4n) is 1.81. The first kappa shape index (κ1) is 16.0. The van der Waals surface area contributed by atoms with Crippen LogP contribution in [0.5, 0.6) is 0 Å². The summed E-state index contributed by atoms with van der Waals surface area (Å²) < 4.78 is 0. The Labute approximate surface area is 118 Å². The Kier molecular flexibility index (Phi) is 5.99. The number of carboxylic acid groups (broad SMARTS) is 1. The standard InChI is InChI=1S/C14H21N3O3/c1-3-10-4-5-11(8-12(10)15)16-13(18)9-17(2)7-6-14(19)20/h4-5,8H,3,6-7,9,15H2,1-2H3,(H,16,18)(H,19,20). The second kappa shape index (κ2) is 7.49. The first-order valence-electron chi connectivity index (χ1n) is 6.51. The van der Waals surface area contributed by atoms with E-state index in [1.165, 1.54) is 0 Å². The molecule has 6 heteroatoms. The highest BCUT2D eigenvalue weighted by atomic mass is 16.4. The SMILES string of the molecule is CCc1ccc(NC(=O)CN(C)CCC(=O)O)cc1N. The lowest BCUT2D eigenvalue weighted by molar-refractivity contribution is -0.137. The third-order valence-electron chi connectivity index (χ3n) is 2.93. The Balaban J connectivity index is 2.49. The Bertz CT molecular complexity index is 489. The van der Waals surface area contributed by atoms with Crippen LogP contribution in [-0.4, -0.2) is 42.0 Å². The average Bonchev–Trinajstić information content (AvgIpc) is 2.36. The van der Waals surface area contributed by atoms with E-state index in [0.717, 1.165) is 12.0 Å². The van der Waals surface area contributed by atoms with Crippen LogP contribution in [-0.2, 0) is 16.0 Å². The summed E-state index contributed by atoms with van der Waals surface area (Å²) in [5.74, 6) is -1.07. The predicted molar refractivity (Wildman–Crippen MR) is 78.6 cm³/mol. The molecule has 0 aliphatic heterocycles. The van der Waals surface area contributed by atoms with Crippen LogP contribution in [0, 0.1) is 0 Å². The van der Waals surface area contributed by atoms with E-state index in [4.69, 9.17) is 10.8 Å². The monoisotopic (exact) mass is 279 g/mol. The molecule has 1 amide bonds. The summed E-state index contributed by atoms with van der Waals surface area (Å²) in [4.78, 5) is 23.9. The van der Waals surface area contributed by atoms with Gasteiger partial charge in [0.1, 0.15) is 0 Å². The van der Waals surface area contributed by atoms with Crippen LogP contribution < -0.4 is 11.1 Å². The number of benzene rings is 1. The number of nitrogens with zero attached hydrogens (tertiary/aromatic N) is 1. The fraction of sp³-hybridized carbons (Fsp3) is 0.429. The first-order valence-corrected chi connectivity index (χ1v) is 6.51. The highest BCUT2D eigenvalue weighted by Gasteiger charge is 2.09. The van der Waals surface area contributed by atoms with E-state index < -0.39 is 5.97 Å². The molecule has 0 atom stereocenters. The van der Waals surface area contributed by atoms with Gasteiger partial charge < -0.3 is 16.2 Å². The van der Waals surface area contributed by atoms with E-state index in [1.807, 2.05) is 19.1 Å². The maximum atomic E-state index is 11.8. The number of hydrogen-bond acceptors (Lipinski definition) is 4. The molecule has 1 rings (SSSR count). The largest absolute Gasteiger partial charge is 0.481 e. The zero-order valence-electron chi connectivity index (χ0n) is 11.8. The summed E-state index contributed by atoms with van der Waals surface area (Å²) in [6, 6.07) is 5.43. The number of rotatable bonds is 7. The molecule has 0 aliphatic carbocycles. The molecule has 0 radical (unpaired) electrons. The van der Waals surface area contributed by atoms with Gasteiger partial charge in [-0.25, -0.2) is 0 Å². The molecule has 0 aromatic heterocycles. The van der Waals surface area contributed by atoms with Crippen molar-refractivity contribution in [2.75, 3.05) is 31.2 Å². The number of nitrogens with two attached hydrogens (primary N) is 1. The molecule has 1 aromatic carbocycles. The van der Waals surface area contributed by atoms with Gasteiger partial charge in [-0.05, 0) is 31.2 Å². The maximum Gasteiger partial charge on any atom is 0.304 e. The van der Waals surface area contributed by atoms with Crippen LogP contribution in [0.2, 0.25) is 0 Å². The minimum Gasteiger partial charge on any atom is -0.481 e. The average molecular weight is 279 g/mol. The van der Waals surface area contributed by atoms with Crippen molar-refractivity contribution in [2.45, 2.75) is 19.8 Å². The summed E-state index contributed by atoms with van der Waals surface area (Å²) in [6.45, 7) is 2.49. The van der Waals surface area contributed by atoms with Gasteiger partial charge >= 0.3 is 5.97 Å². The molecule has 0 saturated carbocycles. The number of nitrogens with one attached hydrogen (secondary N) is 1. The van der Waals surface area contributed by atoms with E-state index in [9.17, 15) is 9.59 Å². The van der Waals surface area contributed by atoms with E-state index in [0.29, 0.717) is 17.9 Å². The van der Waals surface area contributed by atoms with Gasteiger partial charge in [0.25, 0.3) is 0 Å². The highest BCUT2D eigenvalue weighted by Crippen LogP contribution is 2.18. The number of anilines is 2. The molecule has 110 valence electrons. The Morgan fingerprint density at radius 2 is 2.10 bits per heavy atom. The smallest absolute Gasteiger partial charge is 0.304 e. The van der Waals surface area contributed by atoms with Crippen molar-refractivity contribution in [3.8, 4) is 0 Å². The minimum absolute atomic E-state index is 0.0158. The highest BCUT2D eigenvalue weighted by molar-refractivity contribution is 5.92. The third kappa shape index (κ3) is 5.27. The molecule has 0 unspecified atom stereocenters. The predicted octanol–water partition coefficient (Wildman–Crippen LogP) is 1.18. The Morgan fingerprint density at radius 1 is 1.40 bits per heavy atom. The van der Waals surface area contributed by atoms with Crippen LogP contribution in [0.25, 0.3) is 0 Å². The number of aryl methyl sites for hydroxylation is 1. The summed E-state index contributed by atoms with van der Waals surface area (Å²) in [5, 5.41) is 11.3. The van der Waals surface area contributed by atoms with Gasteiger partial charge in [0, 0.05) is 17.9 Å². The lowest BCUT2D eigenvalue weighted by Crippen LogP contribution is -2.31. The zero-order chi connectivity index (χ0) is 15.1. The molecule has 6 nitrogen and oxygen atoms in total. The van der Waals surface area contributed by atoms with Crippen LogP contribution in [0.4, 0.5) is 11.4 Å². The van der Waals surface area contributed by atoms with Crippen LogP contribution >= 0.6 is 0 Å². The molecule has 0 fully saturated rings. The normalized spacial score (nSPS) is 10.6. The summed E-state index contributed by atoms with van der Waals surface area (Å²) in [6.07, 6.45) is 0.861. The van der Waals surface area contributed by atoms with Gasteiger partial charge in [0.15, 0.2) is 0 Å². The second-order valence-electron chi connectivity index (χ2n) is 4.70. The lowest BCUT2D eigenvalue weighted by atomic mass is 10.1. The van der Waals surface area contributed by atoms with Gasteiger partial charge in [-0.3, -0.25) is 14.5 Å². The van der Waals surface area contributed by atoms with Gasteiger partial charge in [-0.15, -0.1) is 0 Å². The number of carbonyl (C=O) groups excluding carboxylic acids is 1. The van der Waals surface area contributed by atoms with E-state index >= 15 is 0 Å². The number of amides is 1. The van der Waals surface area contributed by atoms with E-state index in [2.05, 4.69) is 5.32 Å². The van der Waals surface area contributed by atoms with Crippen LogP contribution in [0.3, 0.4) is 0 Å². The van der Waals surface area contributed by atoms with Crippen molar-refractivity contribution >= 4 is 23.3 Å². The first-order chi connectivity index (χ1) is 9.42. The van der Waals surface area contributed by atoms with Gasteiger partial charge in [0.2, 0.25) is 5.91 Å². The summed E-state index contributed by atoms with van der Waals surface area (Å²) in [5.41, 5.74) is 8.21. The Hall–Kier alpha value is -2.08. The van der Waals surface area contributed by atoms with Crippen molar-refractivity contribution in [1.29, 1.82) is 0 Å². The van der Waals surface area contributed by atoms with Crippen molar-refractivity contribution in [2.24, 2.45) is 0 Å². The number of aliphatic carboxylic acids is 1. The van der Waals surface area contributed by atoms with Crippen molar-refractivity contribution < 1.29 is 14.7 Å². The molecular weight excluding hydrogens is 258 g/mol. The molecule has 0 saturated heterocycles. The molecular formula is C14H21N3O3. The van der Waals surface area contributed by atoms with Crippen molar-refractivity contribution in [3.63, 3.8) is 0 Å². The molecule has 0 spiro atoms. The number of carbonyl (C=O) groups is 2. The maximum absolute atomic E-state index is 11.8. The Morgan fingerprint density at radius 3 is 2.65 bits per heavy atom. The molecule has 4 N–H and O–H groups in total. The quantitative estimate of drug-likeness (QED) is 0.651. The number of nitrogen functional groups attached to an aromatic ring is 1. The van der Waals surface area contributed by atoms with Gasteiger partial charge in [-0.2, -0.15) is 0 Å². The second-order valence-corrected chi connectivity index (χ2v) is 4.70. The van der Waals surface area contributed by atoms with Crippen LogP contribution in [0.15, 0.2) is 18.2 Å². The van der Waals surface area contributed by atoms with Crippen molar-refractivity contribution in [1.82, 2.24) is 4.90 Å². The lowest BCUT2D eigenvalue weighted by Gasteiger charge is -2.15. The molecule has 20 heavy (non-hydrogen) atoms. The topological polar surface area (TPSA) is 95.7 Å².